The first-order chi connectivity index (χ1) is 24.9. The van der Waals surface area contributed by atoms with Gasteiger partial charge in [0.05, 0.1) is 30.8 Å². The number of methoxy groups -OCH3 is 1. The number of fused-ring (bicyclic) bond motifs is 5. The van der Waals surface area contributed by atoms with Crippen molar-refractivity contribution in [1.82, 2.24) is 4.90 Å². The molecular formula is C41H63NO10. The second-order valence-corrected chi connectivity index (χ2v) is 16.4. The Morgan fingerprint density at radius 3 is 2.44 bits per heavy atom. The van der Waals surface area contributed by atoms with Crippen LogP contribution in [0.2, 0.25) is 0 Å². The fourth-order valence-electron chi connectivity index (χ4n) is 9.93. The van der Waals surface area contributed by atoms with Gasteiger partial charge in [-0.3, -0.25) is 9.59 Å². The van der Waals surface area contributed by atoms with Crippen LogP contribution in [0.4, 0.5) is 0 Å². The number of ketones is 1. The van der Waals surface area contributed by atoms with Crippen LogP contribution >= 0.6 is 0 Å². The molecule has 0 bridgehead atoms. The standard InChI is InChI=1S/C41H63NO10/c1-8-9-11-26-12-10-13-34(52-36-17-16-33(42(5)6)23(3)48-36)22(2)37(44)32-20-30-28(31(32)21-35(43)50-26)15-14-25-18-27(19-29(25)30)51-41-40(47-7)39(46)38(45)24(4)49-41/h9,11,14-15,20,22-31,33-34,36,38-41,45-46H,8,10,12-13,16-19,21H2,1-7H3/t22-,23-,24+,25?,26+,27-,28?,29?,30?,31?,33+,34+,36?,38+,39-,40-,41+/m1/s1. The number of Topliss-reactive ketones (excluding diaryl/α,β-unsaturated/α-hetero) is 1. The van der Waals surface area contributed by atoms with Crippen molar-refractivity contribution in [2.45, 2.75) is 153 Å². The van der Waals surface area contributed by atoms with Crippen LogP contribution in [0.3, 0.4) is 0 Å². The van der Waals surface area contributed by atoms with E-state index in [0.29, 0.717) is 18.9 Å². The van der Waals surface area contributed by atoms with E-state index in [4.69, 9.17) is 28.4 Å². The number of hydrogen-bond acceptors (Lipinski definition) is 11. The quantitative estimate of drug-likeness (QED) is 0.265. The van der Waals surface area contributed by atoms with Gasteiger partial charge in [0.1, 0.15) is 24.4 Å². The van der Waals surface area contributed by atoms with Crippen molar-refractivity contribution in [3.63, 3.8) is 0 Å². The summed E-state index contributed by atoms with van der Waals surface area (Å²) in [5.74, 6) is -0.415. The van der Waals surface area contributed by atoms with E-state index in [0.717, 1.165) is 44.1 Å². The first kappa shape index (κ1) is 39.7. The summed E-state index contributed by atoms with van der Waals surface area (Å²) in [7, 11) is 5.64. The van der Waals surface area contributed by atoms with E-state index in [2.05, 4.69) is 57.1 Å². The summed E-state index contributed by atoms with van der Waals surface area (Å²) in [5.41, 5.74) is 0.718. The molecule has 0 aromatic rings. The summed E-state index contributed by atoms with van der Waals surface area (Å²) < 4.78 is 37.1. The number of likely N-dealkylation sites (N-methyl/N-ethyl adjacent to an activating group) is 1. The van der Waals surface area contributed by atoms with Gasteiger partial charge in [-0.15, -0.1) is 0 Å². The third kappa shape index (κ3) is 8.47. The summed E-state index contributed by atoms with van der Waals surface area (Å²) in [4.78, 5) is 30.5. The Morgan fingerprint density at radius 2 is 1.73 bits per heavy atom. The van der Waals surface area contributed by atoms with Gasteiger partial charge in [0.15, 0.2) is 18.4 Å². The topological polar surface area (TPSA) is 133 Å². The van der Waals surface area contributed by atoms with Gasteiger partial charge in [0.2, 0.25) is 0 Å². The summed E-state index contributed by atoms with van der Waals surface area (Å²) in [6, 6.07) is 0.320. The molecule has 0 spiro atoms. The Hall–Kier alpha value is -1.96. The van der Waals surface area contributed by atoms with Crippen LogP contribution in [-0.2, 0) is 38.0 Å². The number of esters is 1. The monoisotopic (exact) mass is 729 g/mol. The molecular weight excluding hydrogens is 666 g/mol. The largest absolute Gasteiger partial charge is 0.458 e. The highest BCUT2D eigenvalue weighted by atomic mass is 16.7. The van der Waals surface area contributed by atoms with Crippen LogP contribution in [0, 0.1) is 35.5 Å². The number of aliphatic hydroxyl groups excluding tert-OH is 2. The molecule has 17 atom stereocenters. The number of ether oxygens (including phenoxy) is 6. The van der Waals surface area contributed by atoms with Crippen LogP contribution in [0.5, 0.6) is 0 Å². The average molecular weight is 730 g/mol. The van der Waals surface area contributed by atoms with Crippen LogP contribution < -0.4 is 0 Å². The molecule has 3 aliphatic heterocycles. The smallest absolute Gasteiger partial charge is 0.307 e. The summed E-state index contributed by atoms with van der Waals surface area (Å²) >= 11 is 0. The van der Waals surface area contributed by atoms with Crippen molar-refractivity contribution >= 4 is 11.8 Å². The number of aliphatic hydroxyl groups is 2. The van der Waals surface area contributed by atoms with Crippen molar-refractivity contribution in [3.8, 4) is 0 Å². The highest BCUT2D eigenvalue weighted by Crippen LogP contribution is 2.54. The Kier molecular flexibility index (Phi) is 13.2. The van der Waals surface area contributed by atoms with Gasteiger partial charge in [-0.2, -0.15) is 0 Å². The number of carbonyl (C=O) groups excluding carboxylic acids is 2. The predicted molar refractivity (Wildman–Crippen MR) is 194 cm³/mol. The maximum absolute atomic E-state index is 14.7. The molecule has 11 heteroatoms. The predicted octanol–water partition coefficient (Wildman–Crippen LogP) is 4.74. The third-order valence-corrected chi connectivity index (χ3v) is 12.8. The fraction of sp³-hybridized carbons (Fsp3) is 0.805. The zero-order valence-electron chi connectivity index (χ0n) is 32.2. The van der Waals surface area contributed by atoms with Crippen molar-refractivity contribution in [1.29, 1.82) is 0 Å². The molecule has 0 aromatic heterocycles. The lowest BCUT2D eigenvalue weighted by atomic mass is 9.70. The highest BCUT2D eigenvalue weighted by Gasteiger charge is 2.52. The molecule has 11 nitrogen and oxygen atoms in total. The Morgan fingerprint density at radius 1 is 0.942 bits per heavy atom. The van der Waals surface area contributed by atoms with E-state index in [-0.39, 0.29) is 78.5 Å². The van der Waals surface area contributed by atoms with Crippen molar-refractivity contribution in [3.05, 3.63) is 36.0 Å². The zero-order valence-corrected chi connectivity index (χ0v) is 32.2. The van der Waals surface area contributed by atoms with Crippen LogP contribution in [0.25, 0.3) is 0 Å². The van der Waals surface area contributed by atoms with E-state index in [9.17, 15) is 19.8 Å². The molecule has 0 amide bonds. The highest BCUT2D eigenvalue weighted by molar-refractivity contribution is 5.99. The van der Waals surface area contributed by atoms with Crippen LogP contribution in [0.1, 0.15) is 85.5 Å². The second kappa shape index (κ2) is 17.2. The van der Waals surface area contributed by atoms with Crippen molar-refractivity contribution < 1.29 is 48.2 Å². The van der Waals surface area contributed by atoms with Gasteiger partial charge in [0, 0.05) is 25.0 Å². The van der Waals surface area contributed by atoms with Gasteiger partial charge in [0.25, 0.3) is 0 Å². The normalized spacial score (nSPS) is 45.9. The van der Waals surface area contributed by atoms with Crippen LogP contribution in [0.15, 0.2) is 36.0 Å². The molecule has 6 aliphatic rings. The Labute approximate surface area is 310 Å². The molecule has 6 unspecified atom stereocenters. The third-order valence-electron chi connectivity index (χ3n) is 12.8. The average Bonchev–Trinajstić information content (AvgIpc) is 3.69. The molecule has 3 aliphatic carbocycles. The molecule has 292 valence electrons. The number of rotatable bonds is 8. The molecule has 3 heterocycles. The van der Waals surface area contributed by atoms with Crippen molar-refractivity contribution in [2.75, 3.05) is 21.2 Å². The number of allylic oxidation sites excluding steroid dienone is 5. The maximum Gasteiger partial charge on any atom is 0.307 e. The van der Waals surface area contributed by atoms with E-state index in [1.165, 1.54) is 7.11 Å². The summed E-state index contributed by atoms with van der Waals surface area (Å²) in [6.45, 7) is 7.87. The van der Waals surface area contributed by atoms with Gasteiger partial charge in [-0.25, -0.2) is 0 Å². The minimum atomic E-state index is -1.12. The number of hydrogen-bond donors (Lipinski definition) is 2. The molecule has 3 saturated heterocycles. The molecule has 6 rings (SSSR count). The molecule has 1 saturated carbocycles. The van der Waals surface area contributed by atoms with Gasteiger partial charge in [-0.1, -0.05) is 38.2 Å². The van der Waals surface area contributed by atoms with Crippen molar-refractivity contribution in [2.24, 2.45) is 35.5 Å². The minimum absolute atomic E-state index is 0.00853. The lowest BCUT2D eigenvalue weighted by Crippen LogP contribution is -2.58. The van der Waals surface area contributed by atoms with Gasteiger partial charge < -0.3 is 43.5 Å². The van der Waals surface area contributed by atoms with Crippen LogP contribution in [-0.4, -0.2) is 116 Å². The summed E-state index contributed by atoms with van der Waals surface area (Å²) in [5, 5.41) is 21.0. The lowest BCUT2D eigenvalue weighted by Gasteiger charge is -2.41. The second-order valence-electron chi connectivity index (χ2n) is 16.4. The number of nitrogens with zero attached hydrogens (tertiary/aromatic N) is 1. The molecule has 2 N–H and O–H groups in total. The lowest BCUT2D eigenvalue weighted by molar-refractivity contribution is -0.308. The van der Waals surface area contributed by atoms with E-state index in [1.807, 2.05) is 13.0 Å². The Bertz CT molecular complexity index is 1330. The number of cyclic esters (lactones) is 1. The molecule has 52 heavy (non-hydrogen) atoms. The number of carbonyl (C=O) groups is 2. The van der Waals surface area contributed by atoms with Gasteiger partial charge in [-0.05, 0) is 115 Å². The first-order valence-electron chi connectivity index (χ1n) is 19.9. The van der Waals surface area contributed by atoms with Gasteiger partial charge >= 0.3 is 5.97 Å². The SMILES string of the molecule is CCC=C[C@H]1CCC[C@H](OC2CC[C@H](N(C)C)[C@@H](C)O2)[C@@H](C)C(=O)C2=CC3C(C=CC4C[C@@H](O[C@@H]5O[C@@H](C)[C@H](O)[C@@H](O)[C@H]5OC)CC43)C2CC(=O)O1. The summed E-state index contributed by atoms with van der Waals surface area (Å²) in [6.07, 6.45) is 11.4. The van der Waals surface area contributed by atoms with E-state index < -0.39 is 36.6 Å². The van der Waals surface area contributed by atoms with E-state index in [1.54, 1.807) is 6.92 Å². The maximum atomic E-state index is 14.7. The van der Waals surface area contributed by atoms with E-state index >= 15 is 0 Å². The first-order valence-corrected chi connectivity index (χ1v) is 19.9. The molecule has 0 aromatic carbocycles. The molecule has 0 radical (unpaired) electrons. The minimum Gasteiger partial charge on any atom is -0.458 e. The fourth-order valence-corrected chi connectivity index (χ4v) is 9.93. The Balaban J connectivity index is 1.22. The molecule has 4 fully saturated rings. The zero-order chi connectivity index (χ0) is 37.3.